The number of anilines is 1. The Balaban J connectivity index is 1.26. The van der Waals surface area contributed by atoms with Crippen LogP contribution < -0.4 is 9.64 Å². The summed E-state index contributed by atoms with van der Waals surface area (Å²) in [5.74, 6) is 1.06. The van der Waals surface area contributed by atoms with Gasteiger partial charge in [0.15, 0.2) is 12.3 Å². The lowest BCUT2D eigenvalue weighted by Gasteiger charge is -2.35. The molecule has 9 heteroatoms. The number of benzene rings is 3. The van der Waals surface area contributed by atoms with Gasteiger partial charge in [-0.2, -0.15) is 0 Å². The molecule has 0 aliphatic carbocycles. The lowest BCUT2D eigenvalue weighted by atomic mass is 10.1. The van der Waals surface area contributed by atoms with E-state index in [1.165, 1.54) is 12.1 Å². The van der Waals surface area contributed by atoms with Crippen LogP contribution in [0.15, 0.2) is 91.4 Å². The number of ether oxygens (including phenoxy) is 1. The largest absolute Gasteiger partial charge is 0.484 e. The molecular formula is C30H25ClFN5O2. The molecule has 1 aliphatic rings. The number of hydrogen-bond acceptors (Lipinski definition) is 5. The molecule has 39 heavy (non-hydrogen) atoms. The van der Waals surface area contributed by atoms with Crippen LogP contribution in [0.2, 0.25) is 5.02 Å². The van der Waals surface area contributed by atoms with Gasteiger partial charge in [-0.1, -0.05) is 41.9 Å². The van der Waals surface area contributed by atoms with Gasteiger partial charge in [-0.25, -0.2) is 14.4 Å². The van der Waals surface area contributed by atoms with Crippen LogP contribution in [0.3, 0.4) is 0 Å². The maximum absolute atomic E-state index is 13.6. The van der Waals surface area contributed by atoms with E-state index in [-0.39, 0.29) is 18.3 Å². The average molecular weight is 542 g/mol. The molecule has 2 aromatic heterocycles. The minimum Gasteiger partial charge on any atom is -0.484 e. The third-order valence-corrected chi connectivity index (χ3v) is 7.11. The summed E-state index contributed by atoms with van der Waals surface area (Å²) in [6.45, 7) is 2.31. The lowest BCUT2D eigenvalue weighted by Crippen LogP contribution is -2.50. The zero-order valence-electron chi connectivity index (χ0n) is 21.0. The van der Waals surface area contributed by atoms with Crippen LogP contribution in [0.4, 0.5) is 10.2 Å². The van der Waals surface area contributed by atoms with Gasteiger partial charge in [0, 0.05) is 48.6 Å². The Bertz CT molecular complexity index is 1600. The summed E-state index contributed by atoms with van der Waals surface area (Å²) >= 11 is 5.92. The van der Waals surface area contributed by atoms with Crippen LogP contribution in [-0.2, 0) is 4.79 Å². The molecule has 196 valence electrons. The van der Waals surface area contributed by atoms with E-state index in [2.05, 4.69) is 22.0 Å². The summed E-state index contributed by atoms with van der Waals surface area (Å²) < 4.78 is 21.3. The molecule has 0 spiro atoms. The fourth-order valence-corrected chi connectivity index (χ4v) is 4.98. The third kappa shape index (κ3) is 5.15. The number of fused-ring (bicyclic) bond motifs is 1. The van der Waals surface area contributed by atoms with Crippen molar-refractivity contribution in [3.8, 4) is 22.6 Å². The van der Waals surface area contributed by atoms with Crippen LogP contribution in [0.1, 0.15) is 0 Å². The van der Waals surface area contributed by atoms with Crippen LogP contribution in [-0.4, -0.2) is 58.1 Å². The second kappa shape index (κ2) is 10.7. The minimum absolute atomic E-state index is 0.0297. The number of aromatic nitrogens is 3. The topological polar surface area (TPSA) is 63.5 Å². The Hall–Kier alpha value is -4.43. The first kappa shape index (κ1) is 24.9. The SMILES string of the molecule is O=C(COc1ccc(Cl)cc1)N1CCN(c2ncnc3c2c(-c2ccccc2)cn3-c2ccc(F)cc2)CC1. The summed E-state index contributed by atoms with van der Waals surface area (Å²) in [4.78, 5) is 26.1. The average Bonchev–Trinajstić information content (AvgIpc) is 3.38. The summed E-state index contributed by atoms with van der Waals surface area (Å²) in [7, 11) is 0. The molecule has 0 bridgehead atoms. The van der Waals surface area contributed by atoms with Gasteiger partial charge in [-0.15, -0.1) is 0 Å². The predicted octanol–water partition coefficient (Wildman–Crippen LogP) is 5.61. The number of halogens is 2. The van der Waals surface area contributed by atoms with E-state index in [0.717, 1.165) is 33.7 Å². The maximum Gasteiger partial charge on any atom is 0.260 e. The molecule has 1 amide bonds. The first-order valence-electron chi connectivity index (χ1n) is 12.7. The van der Waals surface area contributed by atoms with Crippen molar-refractivity contribution in [2.45, 2.75) is 0 Å². The molecule has 0 N–H and O–H groups in total. The highest BCUT2D eigenvalue weighted by Crippen LogP contribution is 2.37. The van der Waals surface area contributed by atoms with E-state index >= 15 is 0 Å². The standard InChI is InChI=1S/C30H25ClFN5O2/c31-22-6-12-25(13-7-22)39-19-27(38)35-14-16-36(17-15-35)29-28-26(21-4-2-1-3-5-21)18-37(30(28)34-20-33-29)24-10-8-23(32)9-11-24/h1-13,18,20H,14-17,19H2. The monoisotopic (exact) mass is 541 g/mol. The number of hydrogen-bond donors (Lipinski definition) is 0. The predicted molar refractivity (Wildman–Crippen MR) is 150 cm³/mol. The fourth-order valence-electron chi connectivity index (χ4n) is 4.86. The first-order chi connectivity index (χ1) is 19.1. The van der Waals surface area contributed by atoms with Gasteiger partial charge in [0.05, 0.1) is 5.39 Å². The van der Waals surface area contributed by atoms with Gasteiger partial charge in [-0.3, -0.25) is 4.79 Å². The van der Waals surface area contributed by atoms with Crippen molar-refractivity contribution in [2.75, 3.05) is 37.7 Å². The molecule has 0 radical (unpaired) electrons. The second-order valence-corrected chi connectivity index (χ2v) is 9.70. The lowest BCUT2D eigenvalue weighted by molar-refractivity contribution is -0.133. The first-order valence-corrected chi connectivity index (χ1v) is 13.0. The van der Waals surface area contributed by atoms with Gasteiger partial charge in [0.25, 0.3) is 5.91 Å². The smallest absolute Gasteiger partial charge is 0.260 e. The van der Waals surface area contributed by atoms with Crippen molar-refractivity contribution in [3.05, 3.63) is 102 Å². The zero-order valence-corrected chi connectivity index (χ0v) is 21.8. The van der Waals surface area contributed by atoms with E-state index in [4.69, 9.17) is 21.3 Å². The number of amides is 1. The molecule has 0 saturated carbocycles. The summed E-state index contributed by atoms with van der Waals surface area (Å²) in [6.07, 6.45) is 3.59. The van der Waals surface area contributed by atoms with Gasteiger partial charge >= 0.3 is 0 Å². The Morgan fingerprint density at radius 1 is 0.897 bits per heavy atom. The highest BCUT2D eigenvalue weighted by Gasteiger charge is 2.26. The van der Waals surface area contributed by atoms with Crippen molar-refractivity contribution < 1.29 is 13.9 Å². The van der Waals surface area contributed by atoms with Crippen LogP contribution in [0, 0.1) is 5.82 Å². The van der Waals surface area contributed by atoms with E-state index in [1.807, 2.05) is 33.9 Å². The number of rotatable bonds is 6. The van der Waals surface area contributed by atoms with E-state index in [0.29, 0.717) is 37.0 Å². The molecule has 0 unspecified atom stereocenters. The normalized spacial score (nSPS) is 13.6. The van der Waals surface area contributed by atoms with Crippen molar-refractivity contribution >= 4 is 34.4 Å². The highest BCUT2D eigenvalue weighted by atomic mass is 35.5. The zero-order chi connectivity index (χ0) is 26.8. The van der Waals surface area contributed by atoms with Crippen LogP contribution in [0.5, 0.6) is 5.75 Å². The molecule has 1 aliphatic heterocycles. The maximum atomic E-state index is 13.6. The number of nitrogens with zero attached hydrogens (tertiary/aromatic N) is 5. The Kier molecular flexibility index (Phi) is 6.85. The Labute approximate surface area is 230 Å². The van der Waals surface area contributed by atoms with Crippen molar-refractivity contribution in [2.24, 2.45) is 0 Å². The molecule has 5 aromatic rings. The van der Waals surface area contributed by atoms with Crippen LogP contribution >= 0.6 is 11.6 Å². The number of piperazine rings is 1. The summed E-state index contributed by atoms with van der Waals surface area (Å²) in [5.41, 5.74) is 3.57. The second-order valence-electron chi connectivity index (χ2n) is 9.26. The highest BCUT2D eigenvalue weighted by molar-refractivity contribution is 6.30. The van der Waals surface area contributed by atoms with Crippen molar-refractivity contribution in [1.29, 1.82) is 0 Å². The summed E-state index contributed by atoms with van der Waals surface area (Å²) in [6, 6.07) is 23.4. The minimum atomic E-state index is -0.292. The molecule has 0 atom stereocenters. The van der Waals surface area contributed by atoms with Crippen LogP contribution in [0.25, 0.3) is 27.8 Å². The van der Waals surface area contributed by atoms with Gasteiger partial charge in [0.2, 0.25) is 0 Å². The molecule has 6 rings (SSSR count). The molecule has 3 aromatic carbocycles. The van der Waals surface area contributed by atoms with Gasteiger partial charge < -0.3 is 19.1 Å². The number of carbonyl (C=O) groups is 1. The van der Waals surface area contributed by atoms with E-state index in [1.54, 1.807) is 42.7 Å². The van der Waals surface area contributed by atoms with Crippen molar-refractivity contribution in [3.63, 3.8) is 0 Å². The van der Waals surface area contributed by atoms with Gasteiger partial charge in [-0.05, 0) is 54.1 Å². The molecular weight excluding hydrogens is 517 g/mol. The third-order valence-electron chi connectivity index (χ3n) is 6.86. The molecule has 1 fully saturated rings. The van der Waals surface area contributed by atoms with Crippen molar-refractivity contribution in [1.82, 2.24) is 19.4 Å². The Morgan fingerprint density at radius 3 is 2.33 bits per heavy atom. The quantitative estimate of drug-likeness (QED) is 0.280. The molecule has 3 heterocycles. The Morgan fingerprint density at radius 2 is 1.62 bits per heavy atom. The number of carbonyl (C=O) groups excluding carboxylic acids is 1. The summed E-state index contributed by atoms with van der Waals surface area (Å²) in [5, 5.41) is 1.53. The van der Waals surface area contributed by atoms with Gasteiger partial charge in [0.1, 0.15) is 23.7 Å². The van der Waals surface area contributed by atoms with E-state index < -0.39 is 0 Å². The fraction of sp³-hybridized carbons (Fsp3) is 0.167. The van der Waals surface area contributed by atoms with E-state index in [9.17, 15) is 9.18 Å². The molecule has 1 saturated heterocycles. The molecule has 7 nitrogen and oxygen atoms in total.